The van der Waals surface area contributed by atoms with E-state index in [2.05, 4.69) is 42.2 Å². The molecule has 0 N–H and O–H groups in total. The van der Waals surface area contributed by atoms with Crippen molar-refractivity contribution in [2.24, 2.45) is 0 Å². The van der Waals surface area contributed by atoms with Crippen molar-refractivity contribution in [2.75, 3.05) is 5.88 Å². The van der Waals surface area contributed by atoms with Crippen molar-refractivity contribution in [3.8, 4) is 0 Å². The lowest BCUT2D eigenvalue weighted by molar-refractivity contribution is 0.463. The van der Waals surface area contributed by atoms with Gasteiger partial charge in [-0.1, -0.05) is 23.8 Å². The van der Waals surface area contributed by atoms with Crippen LogP contribution in [0.4, 0.5) is 0 Å². The van der Waals surface area contributed by atoms with Crippen molar-refractivity contribution >= 4 is 11.6 Å². The number of hydrogen-bond acceptors (Lipinski definition) is 3. The zero-order valence-corrected chi connectivity index (χ0v) is 10.8. The summed E-state index contributed by atoms with van der Waals surface area (Å²) < 4.78 is 5.52. The van der Waals surface area contributed by atoms with Gasteiger partial charge >= 0.3 is 0 Å². The minimum atomic E-state index is 0.505. The normalized spacial score (nSPS) is 10.8. The van der Waals surface area contributed by atoms with E-state index in [1.165, 1.54) is 16.7 Å². The van der Waals surface area contributed by atoms with Crippen molar-refractivity contribution in [2.45, 2.75) is 26.7 Å². The predicted octanol–water partition coefficient (Wildman–Crippen LogP) is 3.06. The van der Waals surface area contributed by atoms with Crippen LogP contribution in [0.1, 0.15) is 28.5 Å². The first-order valence-electron chi connectivity index (χ1n) is 5.62. The molecule has 90 valence electrons. The van der Waals surface area contributed by atoms with Crippen LogP contribution in [0.3, 0.4) is 0 Å². The molecule has 0 amide bonds. The molecule has 1 aromatic carbocycles. The molecule has 0 bridgehead atoms. The summed E-state index contributed by atoms with van der Waals surface area (Å²) in [6, 6.07) is 6.37. The Kier molecular flexibility index (Phi) is 3.79. The number of benzene rings is 1. The number of aryl methyl sites for hydroxylation is 3. The molecule has 0 saturated carbocycles. The molecule has 3 nitrogen and oxygen atoms in total. The van der Waals surface area contributed by atoms with E-state index in [4.69, 9.17) is 16.0 Å². The average molecular weight is 251 g/mol. The molecule has 0 unspecified atom stereocenters. The van der Waals surface area contributed by atoms with Crippen LogP contribution in [0.5, 0.6) is 0 Å². The molecule has 0 radical (unpaired) electrons. The lowest BCUT2D eigenvalue weighted by Gasteiger charge is -2.03. The Bertz CT molecular complexity index is 508. The van der Waals surface area contributed by atoms with Gasteiger partial charge < -0.3 is 4.42 Å². The Labute approximate surface area is 106 Å². The summed E-state index contributed by atoms with van der Waals surface area (Å²) >= 11 is 5.62. The van der Waals surface area contributed by atoms with Crippen LogP contribution in [-0.4, -0.2) is 16.1 Å². The molecule has 0 atom stereocenters. The topological polar surface area (TPSA) is 38.9 Å². The summed E-state index contributed by atoms with van der Waals surface area (Å²) in [5.41, 5.74) is 3.71. The highest BCUT2D eigenvalue weighted by Gasteiger charge is 2.08. The van der Waals surface area contributed by atoms with Crippen molar-refractivity contribution in [3.05, 3.63) is 46.7 Å². The number of rotatable bonds is 4. The van der Waals surface area contributed by atoms with Gasteiger partial charge in [-0.2, -0.15) is 0 Å². The van der Waals surface area contributed by atoms with Crippen molar-refractivity contribution < 1.29 is 4.42 Å². The van der Waals surface area contributed by atoms with Crippen LogP contribution < -0.4 is 0 Å². The molecule has 0 aliphatic heterocycles. The van der Waals surface area contributed by atoms with Gasteiger partial charge in [-0.3, -0.25) is 0 Å². The summed E-state index contributed by atoms with van der Waals surface area (Å²) in [4.78, 5) is 0. The molecule has 1 aromatic heterocycles. The second kappa shape index (κ2) is 5.32. The van der Waals surface area contributed by atoms with Gasteiger partial charge in [0.25, 0.3) is 0 Å². The van der Waals surface area contributed by atoms with Crippen LogP contribution in [-0.2, 0) is 12.8 Å². The maximum absolute atomic E-state index is 5.62. The summed E-state index contributed by atoms with van der Waals surface area (Å²) in [5, 5.41) is 7.98. The van der Waals surface area contributed by atoms with E-state index in [-0.39, 0.29) is 0 Å². The first kappa shape index (κ1) is 12.1. The Hall–Kier alpha value is -1.35. The first-order chi connectivity index (χ1) is 8.19. The molecule has 2 rings (SSSR count). The quantitative estimate of drug-likeness (QED) is 0.783. The van der Waals surface area contributed by atoms with Gasteiger partial charge in [0.2, 0.25) is 11.8 Å². The number of nitrogens with zero attached hydrogens (tertiary/aromatic N) is 2. The molecular weight excluding hydrogens is 236 g/mol. The van der Waals surface area contributed by atoms with Gasteiger partial charge in [0.15, 0.2) is 0 Å². The van der Waals surface area contributed by atoms with Crippen molar-refractivity contribution in [1.82, 2.24) is 10.2 Å². The fraction of sp³-hybridized carbons (Fsp3) is 0.385. The standard InChI is InChI=1S/C13H15ClN2O/c1-9-3-4-10(2)11(7-9)8-13-16-15-12(17-13)5-6-14/h3-4,7H,5-6,8H2,1-2H3. The van der Waals surface area contributed by atoms with Gasteiger partial charge in [-0.05, 0) is 25.0 Å². The SMILES string of the molecule is Cc1ccc(C)c(Cc2nnc(CCCl)o2)c1. The van der Waals surface area contributed by atoms with Crippen LogP contribution in [0.15, 0.2) is 22.6 Å². The van der Waals surface area contributed by atoms with Gasteiger partial charge in [0, 0.05) is 12.3 Å². The van der Waals surface area contributed by atoms with Gasteiger partial charge in [0.05, 0.1) is 6.42 Å². The van der Waals surface area contributed by atoms with Crippen LogP contribution in [0.2, 0.25) is 0 Å². The molecule has 0 saturated heterocycles. The Morgan fingerprint density at radius 1 is 1.18 bits per heavy atom. The summed E-state index contributed by atoms with van der Waals surface area (Å²) in [7, 11) is 0. The lowest BCUT2D eigenvalue weighted by atomic mass is 10.0. The minimum Gasteiger partial charge on any atom is -0.425 e. The number of aromatic nitrogens is 2. The molecule has 0 spiro atoms. The maximum atomic E-state index is 5.62. The van der Waals surface area contributed by atoms with Crippen LogP contribution in [0.25, 0.3) is 0 Å². The monoisotopic (exact) mass is 250 g/mol. The van der Waals surface area contributed by atoms with Gasteiger partial charge in [-0.25, -0.2) is 0 Å². The molecule has 0 aliphatic carbocycles. The third kappa shape index (κ3) is 3.07. The smallest absolute Gasteiger partial charge is 0.220 e. The number of halogens is 1. The fourth-order valence-electron chi connectivity index (χ4n) is 1.70. The summed E-state index contributed by atoms with van der Waals surface area (Å²) in [6.07, 6.45) is 1.31. The molecular formula is C13H15ClN2O. The average Bonchev–Trinajstić information content (AvgIpc) is 2.72. The molecule has 2 aromatic rings. The Balaban J connectivity index is 2.16. The van der Waals surface area contributed by atoms with Crippen molar-refractivity contribution in [1.29, 1.82) is 0 Å². The minimum absolute atomic E-state index is 0.505. The second-order valence-corrected chi connectivity index (χ2v) is 4.51. The molecule has 1 heterocycles. The lowest BCUT2D eigenvalue weighted by Crippen LogP contribution is -1.93. The third-order valence-electron chi connectivity index (χ3n) is 2.66. The highest BCUT2D eigenvalue weighted by atomic mass is 35.5. The molecule has 0 fully saturated rings. The number of alkyl halides is 1. The van der Waals surface area contributed by atoms with Crippen LogP contribution >= 0.6 is 11.6 Å². The Morgan fingerprint density at radius 2 is 1.94 bits per heavy atom. The molecule has 4 heteroatoms. The Morgan fingerprint density at radius 3 is 2.71 bits per heavy atom. The van der Waals surface area contributed by atoms with Crippen LogP contribution in [0, 0.1) is 13.8 Å². The molecule has 17 heavy (non-hydrogen) atoms. The third-order valence-corrected chi connectivity index (χ3v) is 2.85. The van der Waals surface area contributed by atoms with E-state index in [9.17, 15) is 0 Å². The predicted molar refractivity (Wildman–Crippen MR) is 67.4 cm³/mol. The van der Waals surface area contributed by atoms with E-state index in [0.717, 1.165) is 0 Å². The number of hydrogen-bond donors (Lipinski definition) is 0. The maximum Gasteiger partial charge on any atom is 0.220 e. The summed E-state index contributed by atoms with van der Waals surface area (Å²) in [6.45, 7) is 4.17. The molecule has 0 aliphatic rings. The first-order valence-corrected chi connectivity index (χ1v) is 6.16. The fourth-order valence-corrected chi connectivity index (χ4v) is 1.86. The van der Waals surface area contributed by atoms with Gasteiger partial charge in [-0.15, -0.1) is 21.8 Å². The highest BCUT2D eigenvalue weighted by molar-refractivity contribution is 6.17. The zero-order valence-electron chi connectivity index (χ0n) is 10.0. The largest absolute Gasteiger partial charge is 0.425 e. The van der Waals surface area contributed by atoms with Gasteiger partial charge in [0.1, 0.15) is 0 Å². The van der Waals surface area contributed by atoms with E-state index < -0.39 is 0 Å². The van der Waals surface area contributed by atoms with E-state index in [1.807, 2.05) is 0 Å². The van der Waals surface area contributed by atoms with Crippen molar-refractivity contribution in [3.63, 3.8) is 0 Å². The zero-order chi connectivity index (χ0) is 12.3. The highest BCUT2D eigenvalue weighted by Crippen LogP contribution is 2.15. The van der Waals surface area contributed by atoms with E-state index in [0.29, 0.717) is 30.5 Å². The van der Waals surface area contributed by atoms with E-state index in [1.54, 1.807) is 0 Å². The summed E-state index contributed by atoms with van der Waals surface area (Å²) in [5.74, 6) is 1.77. The van der Waals surface area contributed by atoms with E-state index >= 15 is 0 Å². The second-order valence-electron chi connectivity index (χ2n) is 4.14.